The molecule has 11 heteroatoms. The Morgan fingerprint density at radius 1 is 1.28 bits per heavy atom. The lowest BCUT2D eigenvalue weighted by atomic mass is 9.87. The van der Waals surface area contributed by atoms with Gasteiger partial charge in [0.15, 0.2) is 0 Å². The first-order valence-corrected chi connectivity index (χ1v) is 14.8. The standard InChI is InChI=1S/C32H43N3O8/c1-6-7-8-9-10-11-24(34-30(40)43-31(2,3)4)28(37)35-19-32(17-26(35)29(38)39)15-14-21-22-16-20(41-5)12-13-23(22)33-25(18-36)27(21)42-32/h6,12-13,16,24,26,36H,1,7-11,14-15,17-19H2,2-5H3,(H,34,40)(H,38,39). The van der Waals surface area contributed by atoms with Crippen LogP contribution in [-0.4, -0.2) is 75.0 Å². The zero-order valence-electron chi connectivity index (χ0n) is 25.5. The smallest absolute Gasteiger partial charge is 0.408 e. The number of alkyl carbamates (subject to hydrolysis) is 1. The van der Waals surface area contributed by atoms with E-state index < -0.39 is 41.3 Å². The van der Waals surface area contributed by atoms with Gasteiger partial charge in [-0.2, -0.15) is 0 Å². The van der Waals surface area contributed by atoms with Gasteiger partial charge >= 0.3 is 12.1 Å². The molecule has 4 rings (SSSR count). The molecule has 0 saturated carbocycles. The third-order valence-corrected chi connectivity index (χ3v) is 7.98. The van der Waals surface area contributed by atoms with Gasteiger partial charge in [-0.1, -0.05) is 18.9 Å². The summed E-state index contributed by atoms with van der Waals surface area (Å²) in [5, 5.41) is 23.9. The number of amides is 2. The van der Waals surface area contributed by atoms with Crippen molar-refractivity contribution in [1.82, 2.24) is 15.2 Å². The predicted molar refractivity (Wildman–Crippen MR) is 160 cm³/mol. The molecule has 234 valence electrons. The number of hydrogen-bond acceptors (Lipinski definition) is 8. The van der Waals surface area contributed by atoms with Crippen LogP contribution < -0.4 is 14.8 Å². The molecule has 11 nitrogen and oxygen atoms in total. The molecule has 3 atom stereocenters. The molecule has 3 N–H and O–H groups in total. The fourth-order valence-corrected chi connectivity index (χ4v) is 5.95. The number of aromatic nitrogens is 1. The molecular weight excluding hydrogens is 554 g/mol. The summed E-state index contributed by atoms with van der Waals surface area (Å²) in [7, 11) is 1.58. The molecule has 3 heterocycles. The Balaban J connectivity index is 1.61. The molecule has 43 heavy (non-hydrogen) atoms. The van der Waals surface area contributed by atoms with Crippen LogP contribution in [0.1, 0.15) is 77.0 Å². The second-order valence-electron chi connectivity index (χ2n) is 12.3. The highest BCUT2D eigenvalue weighted by Crippen LogP contribution is 2.45. The third-order valence-electron chi connectivity index (χ3n) is 7.98. The van der Waals surface area contributed by atoms with Gasteiger partial charge in [0.1, 0.15) is 40.5 Å². The van der Waals surface area contributed by atoms with Gasteiger partial charge in [0, 0.05) is 17.4 Å². The number of nitrogens with one attached hydrogen (secondary N) is 1. The maximum Gasteiger partial charge on any atom is 0.408 e. The van der Waals surface area contributed by atoms with Crippen LogP contribution in [0.2, 0.25) is 0 Å². The number of aliphatic carboxylic acids is 1. The highest BCUT2D eigenvalue weighted by Gasteiger charge is 2.53. The van der Waals surface area contributed by atoms with Crippen molar-refractivity contribution in [3.8, 4) is 11.5 Å². The Bertz CT molecular complexity index is 1370. The van der Waals surface area contributed by atoms with Gasteiger partial charge in [-0.15, -0.1) is 6.58 Å². The van der Waals surface area contributed by atoms with E-state index in [-0.39, 0.29) is 19.6 Å². The van der Waals surface area contributed by atoms with Crippen LogP contribution >= 0.6 is 0 Å². The number of carbonyl (C=O) groups is 3. The van der Waals surface area contributed by atoms with E-state index in [1.165, 1.54) is 4.90 Å². The van der Waals surface area contributed by atoms with Gasteiger partial charge in [0.05, 0.1) is 25.8 Å². The summed E-state index contributed by atoms with van der Waals surface area (Å²) < 4.78 is 17.4. The van der Waals surface area contributed by atoms with Crippen molar-refractivity contribution >= 4 is 28.9 Å². The van der Waals surface area contributed by atoms with Crippen molar-refractivity contribution in [3.05, 3.63) is 42.1 Å². The summed E-state index contributed by atoms with van der Waals surface area (Å²) in [6.45, 7) is 8.59. The second kappa shape index (κ2) is 13.2. The van der Waals surface area contributed by atoms with Crippen LogP contribution in [0.5, 0.6) is 11.5 Å². The molecule has 2 aliphatic rings. The summed E-state index contributed by atoms with van der Waals surface area (Å²) in [5.41, 5.74) is 0.147. The Morgan fingerprint density at radius 3 is 2.70 bits per heavy atom. The molecule has 1 spiro atoms. The number of fused-ring (bicyclic) bond motifs is 3. The topological polar surface area (TPSA) is 148 Å². The number of likely N-dealkylation sites (tertiary alicyclic amines) is 1. The van der Waals surface area contributed by atoms with Crippen molar-refractivity contribution in [2.45, 2.75) is 102 Å². The molecule has 2 amide bonds. The number of carboxylic acids is 1. The Morgan fingerprint density at radius 2 is 2.05 bits per heavy atom. The number of pyridine rings is 1. The second-order valence-corrected chi connectivity index (χ2v) is 12.3. The van der Waals surface area contributed by atoms with Crippen molar-refractivity contribution in [2.75, 3.05) is 13.7 Å². The lowest BCUT2D eigenvalue weighted by Crippen LogP contribution is -2.53. The number of hydrogen-bond donors (Lipinski definition) is 3. The molecule has 0 aliphatic carbocycles. The van der Waals surface area contributed by atoms with Crippen LogP contribution in [0.15, 0.2) is 30.9 Å². The fraction of sp³-hybridized carbons (Fsp3) is 0.562. The summed E-state index contributed by atoms with van der Waals surface area (Å²) in [6, 6.07) is 3.38. The quantitative estimate of drug-likeness (QED) is 0.251. The van der Waals surface area contributed by atoms with E-state index in [9.17, 15) is 24.6 Å². The number of rotatable bonds is 11. The number of carbonyl (C=O) groups excluding carboxylic acids is 2. The van der Waals surface area contributed by atoms with Gasteiger partial charge in [-0.3, -0.25) is 4.79 Å². The number of aliphatic hydroxyl groups is 1. The van der Waals surface area contributed by atoms with Crippen LogP contribution in [0.3, 0.4) is 0 Å². The van der Waals surface area contributed by atoms with Crippen molar-refractivity contribution < 1.29 is 38.8 Å². The first-order valence-electron chi connectivity index (χ1n) is 14.8. The monoisotopic (exact) mass is 597 g/mol. The molecule has 1 saturated heterocycles. The number of unbranched alkanes of at least 4 members (excludes halogenated alkanes) is 3. The molecular formula is C32H43N3O8. The molecule has 1 aromatic heterocycles. The number of nitrogens with zero attached hydrogens (tertiary/aromatic N) is 2. The number of allylic oxidation sites excluding steroid dienone is 1. The summed E-state index contributed by atoms with van der Waals surface area (Å²) in [4.78, 5) is 45.1. The lowest BCUT2D eigenvalue weighted by molar-refractivity contribution is -0.149. The van der Waals surface area contributed by atoms with Gasteiger partial charge < -0.3 is 34.6 Å². The van der Waals surface area contributed by atoms with E-state index in [1.54, 1.807) is 33.9 Å². The number of aryl methyl sites for hydroxylation is 1. The highest BCUT2D eigenvalue weighted by atomic mass is 16.6. The number of benzene rings is 1. The zero-order chi connectivity index (χ0) is 31.4. The van der Waals surface area contributed by atoms with Gasteiger partial charge in [-0.25, -0.2) is 14.6 Å². The summed E-state index contributed by atoms with van der Waals surface area (Å²) >= 11 is 0. The largest absolute Gasteiger partial charge is 0.497 e. The normalized spacial score (nSPS) is 20.3. The van der Waals surface area contributed by atoms with E-state index in [4.69, 9.17) is 14.2 Å². The fourth-order valence-electron chi connectivity index (χ4n) is 5.95. The first-order chi connectivity index (χ1) is 20.4. The Kier molecular flexibility index (Phi) is 9.84. The van der Waals surface area contributed by atoms with Gasteiger partial charge in [0.2, 0.25) is 5.91 Å². The zero-order valence-corrected chi connectivity index (χ0v) is 25.5. The Hall–Kier alpha value is -3.86. The number of ether oxygens (including phenoxy) is 3. The minimum absolute atomic E-state index is 0.0201. The van der Waals surface area contributed by atoms with Crippen molar-refractivity contribution in [1.29, 1.82) is 0 Å². The van der Waals surface area contributed by atoms with E-state index in [0.29, 0.717) is 48.4 Å². The molecule has 2 aromatic rings. The highest BCUT2D eigenvalue weighted by molar-refractivity contribution is 5.90. The first kappa shape index (κ1) is 32.1. The molecule has 1 fully saturated rings. The van der Waals surface area contributed by atoms with Crippen molar-refractivity contribution in [3.63, 3.8) is 0 Å². The molecule has 3 unspecified atom stereocenters. The average Bonchev–Trinajstić information content (AvgIpc) is 3.33. The molecule has 1 aromatic carbocycles. The van der Waals surface area contributed by atoms with Crippen molar-refractivity contribution in [2.24, 2.45) is 0 Å². The van der Waals surface area contributed by atoms with E-state index in [0.717, 1.165) is 30.2 Å². The third kappa shape index (κ3) is 7.38. The molecule has 2 aliphatic heterocycles. The van der Waals surface area contributed by atoms with Crippen LogP contribution in [-0.2, 0) is 27.4 Å². The van der Waals surface area contributed by atoms with Gasteiger partial charge in [-0.05, 0) is 71.1 Å². The number of aliphatic hydroxyl groups excluding tert-OH is 1. The van der Waals surface area contributed by atoms with E-state index in [1.807, 2.05) is 18.2 Å². The SMILES string of the molecule is C=CCCCCCC(NC(=O)OC(C)(C)C)C(=O)N1CC2(CCc3c(c(CO)nc4ccc(OC)cc34)O2)CC1C(=O)O. The van der Waals surface area contributed by atoms with Crippen LogP contribution in [0, 0.1) is 0 Å². The maximum absolute atomic E-state index is 14.0. The maximum atomic E-state index is 14.0. The average molecular weight is 598 g/mol. The lowest BCUT2D eigenvalue weighted by Gasteiger charge is -2.37. The summed E-state index contributed by atoms with van der Waals surface area (Å²) in [6.07, 6.45) is 5.72. The minimum atomic E-state index is -1.15. The van der Waals surface area contributed by atoms with Crippen LogP contribution in [0.25, 0.3) is 10.9 Å². The van der Waals surface area contributed by atoms with E-state index in [2.05, 4.69) is 16.9 Å². The molecule has 0 radical (unpaired) electrons. The van der Waals surface area contributed by atoms with E-state index >= 15 is 0 Å². The minimum Gasteiger partial charge on any atom is -0.497 e. The predicted octanol–water partition coefficient (Wildman–Crippen LogP) is 4.51. The molecule has 0 bridgehead atoms. The van der Waals surface area contributed by atoms with Crippen LogP contribution in [0.4, 0.5) is 4.79 Å². The Labute approximate surface area is 252 Å². The number of carboxylic acid groups (broad SMARTS) is 1. The van der Waals surface area contributed by atoms with Gasteiger partial charge in [0.25, 0.3) is 0 Å². The summed E-state index contributed by atoms with van der Waals surface area (Å²) in [5.74, 6) is -0.564. The number of methoxy groups -OCH3 is 1.